The fourth-order valence-electron chi connectivity index (χ4n) is 11.2. The number of hydrogen-bond donors (Lipinski definition) is 2. The summed E-state index contributed by atoms with van der Waals surface area (Å²) in [7, 11) is 0. The normalized spacial score (nSPS) is 32.5. The van der Waals surface area contributed by atoms with Gasteiger partial charge in [0, 0.05) is 66.2 Å². The van der Waals surface area contributed by atoms with E-state index in [4.69, 9.17) is 0 Å². The third kappa shape index (κ3) is 5.30. The van der Waals surface area contributed by atoms with Crippen molar-refractivity contribution in [2.75, 3.05) is 26.2 Å². The van der Waals surface area contributed by atoms with Crippen LogP contribution in [0.5, 0.6) is 0 Å². The summed E-state index contributed by atoms with van der Waals surface area (Å²) in [5.74, 6) is 2.01. The van der Waals surface area contributed by atoms with Crippen LogP contribution in [0, 0.1) is 23.7 Å². The molecule has 0 aliphatic carbocycles. The lowest BCUT2D eigenvalue weighted by Gasteiger charge is -2.58. The number of aromatic nitrogens is 2. The lowest BCUT2D eigenvalue weighted by atomic mass is 9.70. The van der Waals surface area contributed by atoms with Crippen molar-refractivity contribution < 1.29 is 14.7 Å². The fraction of sp³-hybridized carbons (Fsp3) is 0.378. The Bertz CT molecular complexity index is 2090. The third-order valence-corrected chi connectivity index (χ3v) is 13.9. The van der Waals surface area contributed by atoms with Crippen molar-refractivity contribution in [1.29, 1.82) is 0 Å². The molecule has 2 aromatic heterocycles. The highest BCUT2D eigenvalue weighted by molar-refractivity contribution is 5.83. The Hall–Kier alpha value is -4.20. The van der Waals surface area contributed by atoms with Gasteiger partial charge in [-0.15, -0.1) is 13.2 Å². The summed E-state index contributed by atoms with van der Waals surface area (Å²) in [5.41, 5.74) is 6.43. The maximum atomic E-state index is 12.3. The van der Waals surface area contributed by atoms with Gasteiger partial charge >= 0.3 is 0 Å². The van der Waals surface area contributed by atoms with Crippen LogP contribution < -0.4 is 4.48 Å². The van der Waals surface area contributed by atoms with Crippen molar-refractivity contribution in [1.82, 2.24) is 14.5 Å². The molecule has 6 aliphatic rings. The lowest BCUT2D eigenvalue weighted by Crippen LogP contribution is -2.69. The fourth-order valence-corrected chi connectivity index (χ4v) is 11.2. The van der Waals surface area contributed by atoms with Crippen LogP contribution in [-0.2, 0) is 6.54 Å². The molecule has 0 amide bonds. The monoisotopic (exact) mass is 678 g/mol. The Morgan fingerprint density at radius 1 is 0.667 bits per heavy atom. The van der Waals surface area contributed by atoms with E-state index in [-0.39, 0.29) is 12.1 Å². The summed E-state index contributed by atoms with van der Waals surface area (Å²) >= 11 is 0. The van der Waals surface area contributed by atoms with E-state index in [1.807, 2.05) is 60.9 Å². The van der Waals surface area contributed by atoms with Crippen LogP contribution in [0.15, 0.2) is 123 Å². The number of aliphatic hydroxyl groups excluding tert-OH is 2. The number of piperidine rings is 6. The topological polar surface area (TPSA) is 66.2 Å². The predicted octanol–water partition coefficient (Wildman–Crippen LogP) is 8.06. The highest BCUT2D eigenvalue weighted by Crippen LogP contribution is 2.51. The Kier molecular flexibility index (Phi) is 8.19. The van der Waals surface area contributed by atoms with Crippen LogP contribution in [0.2, 0.25) is 0 Å². The van der Waals surface area contributed by atoms with Crippen LogP contribution in [-0.4, -0.2) is 62.9 Å². The number of pyridine rings is 2. The molecule has 4 unspecified atom stereocenters. The molecule has 5 aromatic rings. The molecule has 11 rings (SSSR count). The molecule has 6 aliphatic heterocycles. The number of para-hydroxylation sites is 2. The number of aliphatic hydroxyl groups is 2. The minimum absolute atomic E-state index is 0.0580. The first kappa shape index (κ1) is 32.7. The molecular formula is C45H50N4O2+2. The van der Waals surface area contributed by atoms with Crippen molar-refractivity contribution in [3.8, 4) is 0 Å². The van der Waals surface area contributed by atoms with Gasteiger partial charge in [-0.2, -0.15) is 0 Å². The molecule has 51 heavy (non-hydrogen) atoms. The molecule has 260 valence electrons. The van der Waals surface area contributed by atoms with Gasteiger partial charge in [0.15, 0.2) is 0 Å². The largest absolute Gasteiger partial charge is 0.382 e. The van der Waals surface area contributed by atoms with E-state index in [1.165, 1.54) is 17.7 Å². The van der Waals surface area contributed by atoms with E-state index in [9.17, 15) is 10.2 Å². The van der Waals surface area contributed by atoms with Crippen LogP contribution >= 0.6 is 0 Å². The summed E-state index contributed by atoms with van der Waals surface area (Å²) < 4.78 is 1.66. The van der Waals surface area contributed by atoms with E-state index >= 15 is 0 Å². The standard InChI is InChI=1S/C45H50N4O2/c1-3-31-28-48(23-19-33(31)25-42(48)44(50)38-17-21-46-40-11-7-5-9-36(38)40)27-30-13-15-35(16-14-30)49-24-20-34(32(4-2)29-49)26-43(49)45(51)39-18-22-47-41-12-8-6-10-37(39)41/h3-18,21-22,31-34,42-45,50-51H,1-2,19-20,23-29H2/q+2/t31-,32?,33-,34?,42+,43?,44-,45-,48+,49?/m0/s1. The predicted molar refractivity (Wildman–Crippen MR) is 205 cm³/mol. The smallest absolute Gasteiger partial charge is 0.133 e. The SMILES string of the molecule is C=CC1C[N+]2(c3ccc(C[N@@+]45CC[C@@H](C[C@@H]4[C@@H](O)c4ccnc6ccccc46)[C@@H](C=C)C5)cc3)CCC1CC2[C@@H](O)c1ccnc2ccccc12. The second-order valence-electron chi connectivity index (χ2n) is 16.1. The van der Waals surface area contributed by atoms with E-state index in [2.05, 4.69) is 71.7 Å². The molecule has 0 spiro atoms. The number of rotatable bonds is 9. The number of quaternary nitrogens is 2. The summed E-state index contributed by atoms with van der Waals surface area (Å²) in [6.45, 7) is 13.5. The van der Waals surface area contributed by atoms with Crippen LogP contribution in [0.4, 0.5) is 5.69 Å². The molecule has 0 radical (unpaired) electrons. The molecule has 6 heteroatoms. The van der Waals surface area contributed by atoms with Gasteiger partial charge in [-0.3, -0.25) is 14.5 Å². The Labute approximate surface area is 301 Å². The van der Waals surface area contributed by atoms with Crippen molar-refractivity contribution in [3.05, 3.63) is 139 Å². The Balaban J connectivity index is 1.05. The average Bonchev–Trinajstić information content (AvgIpc) is 3.20. The summed E-state index contributed by atoms with van der Waals surface area (Å²) in [5, 5.41) is 26.6. The summed E-state index contributed by atoms with van der Waals surface area (Å²) in [4.78, 5) is 9.18. The number of fused-ring (bicyclic) bond motifs is 8. The van der Waals surface area contributed by atoms with E-state index in [1.54, 1.807) is 0 Å². The first-order valence-corrected chi connectivity index (χ1v) is 19.0. The van der Waals surface area contributed by atoms with Gasteiger partial charge < -0.3 is 14.7 Å². The molecule has 3 aromatic carbocycles. The highest BCUT2D eigenvalue weighted by atomic mass is 16.3. The van der Waals surface area contributed by atoms with Gasteiger partial charge in [0.1, 0.15) is 36.5 Å². The third-order valence-electron chi connectivity index (χ3n) is 13.9. The van der Waals surface area contributed by atoms with E-state index < -0.39 is 12.2 Å². The highest BCUT2D eigenvalue weighted by Gasteiger charge is 2.56. The first-order valence-electron chi connectivity index (χ1n) is 19.0. The molecule has 4 bridgehead atoms. The molecule has 6 nitrogen and oxygen atoms in total. The second-order valence-corrected chi connectivity index (χ2v) is 16.1. The van der Waals surface area contributed by atoms with Crippen molar-refractivity contribution in [3.63, 3.8) is 0 Å². The van der Waals surface area contributed by atoms with Crippen molar-refractivity contribution in [2.45, 2.75) is 56.5 Å². The zero-order chi connectivity index (χ0) is 34.7. The van der Waals surface area contributed by atoms with Gasteiger partial charge in [0.25, 0.3) is 0 Å². The van der Waals surface area contributed by atoms with Crippen molar-refractivity contribution in [2.24, 2.45) is 23.7 Å². The lowest BCUT2D eigenvalue weighted by molar-refractivity contribution is -0.984. The van der Waals surface area contributed by atoms with Crippen LogP contribution in [0.1, 0.15) is 54.6 Å². The molecule has 6 fully saturated rings. The zero-order valence-corrected chi connectivity index (χ0v) is 29.5. The van der Waals surface area contributed by atoms with Gasteiger partial charge in [0.2, 0.25) is 0 Å². The van der Waals surface area contributed by atoms with Gasteiger partial charge in [-0.1, -0.05) is 48.6 Å². The molecule has 6 saturated heterocycles. The molecule has 8 heterocycles. The average molecular weight is 679 g/mol. The van der Waals surface area contributed by atoms with Crippen LogP contribution in [0.25, 0.3) is 21.8 Å². The second kappa shape index (κ2) is 12.8. The minimum atomic E-state index is -0.596. The number of nitrogens with zero attached hydrogens (tertiary/aromatic N) is 4. The van der Waals surface area contributed by atoms with E-state index in [0.29, 0.717) is 23.7 Å². The Morgan fingerprint density at radius 3 is 1.84 bits per heavy atom. The minimum Gasteiger partial charge on any atom is -0.382 e. The first-order chi connectivity index (χ1) is 24.9. The quantitative estimate of drug-likeness (QED) is 0.122. The maximum absolute atomic E-state index is 12.3. The Morgan fingerprint density at radius 2 is 1.22 bits per heavy atom. The number of hydrogen-bond acceptors (Lipinski definition) is 4. The molecule has 2 N–H and O–H groups in total. The number of benzene rings is 3. The zero-order valence-electron chi connectivity index (χ0n) is 29.5. The van der Waals surface area contributed by atoms with Crippen LogP contribution in [0.3, 0.4) is 0 Å². The van der Waals surface area contributed by atoms with E-state index in [0.717, 1.165) is 93.9 Å². The summed E-state index contributed by atoms with van der Waals surface area (Å²) in [6.07, 6.45) is 11.2. The molecule has 10 atom stereocenters. The molecular weight excluding hydrogens is 629 g/mol. The summed E-state index contributed by atoms with van der Waals surface area (Å²) in [6, 6.07) is 30.0. The maximum Gasteiger partial charge on any atom is 0.133 e. The van der Waals surface area contributed by atoms with Gasteiger partial charge in [-0.05, 0) is 71.5 Å². The van der Waals surface area contributed by atoms with Gasteiger partial charge in [0.05, 0.1) is 37.2 Å². The molecule has 0 saturated carbocycles. The van der Waals surface area contributed by atoms with Crippen molar-refractivity contribution >= 4 is 27.5 Å². The van der Waals surface area contributed by atoms with Gasteiger partial charge in [-0.25, -0.2) is 0 Å².